The molecule has 0 aromatic heterocycles. The third kappa shape index (κ3) is 3.92. The van der Waals surface area contributed by atoms with Crippen LogP contribution in [0.1, 0.15) is 10.4 Å². The van der Waals surface area contributed by atoms with Gasteiger partial charge in [-0.3, -0.25) is 0 Å². The van der Waals surface area contributed by atoms with Crippen molar-refractivity contribution < 1.29 is 36.6 Å². The lowest BCUT2D eigenvalue weighted by Gasteiger charge is -2.11. The van der Waals surface area contributed by atoms with Gasteiger partial charge in [-0.15, -0.1) is 0 Å². The van der Waals surface area contributed by atoms with Gasteiger partial charge in [-0.2, -0.15) is 0 Å². The van der Waals surface area contributed by atoms with Gasteiger partial charge in [0, 0.05) is 6.54 Å². The Hall–Kier alpha value is -1.65. The zero-order valence-corrected chi connectivity index (χ0v) is 10.6. The molecule has 0 amide bonds. The van der Waals surface area contributed by atoms with Gasteiger partial charge in [0.05, 0.1) is 10.5 Å². The second kappa shape index (κ2) is 6.20. The first-order chi connectivity index (χ1) is 9.15. The monoisotopic (exact) mass is 313 g/mol. The zero-order chi connectivity index (χ0) is 15.5. The molecule has 1 rings (SSSR count). The Morgan fingerprint density at radius 2 is 1.95 bits per heavy atom. The van der Waals surface area contributed by atoms with Crippen molar-refractivity contribution >= 4 is 16.0 Å². The van der Waals surface area contributed by atoms with E-state index in [0.717, 1.165) is 6.07 Å². The van der Waals surface area contributed by atoms with Crippen LogP contribution in [0.3, 0.4) is 0 Å². The maximum atomic E-state index is 13.1. The van der Waals surface area contributed by atoms with E-state index in [1.807, 2.05) is 0 Å². The van der Waals surface area contributed by atoms with Crippen molar-refractivity contribution in [2.75, 3.05) is 6.54 Å². The van der Waals surface area contributed by atoms with Crippen molar-refractivity contribution in [1.82, 2.24) is 4.72 Å². The Kier molecular flexibility index (Phi) is 5.09. The molecule has 0 aliphatic heterocycles. The van der Waals surface area contributed by atoms with Crippen LogP contribution in [0, 0.1) is 5.82 Å². The van der Waals surface area contributed by atoms with Gasteiger partial charge in [0.1, 0.15) is 11.9 Å². The molecule has 0 aliphatic carbocycles. The quantitative estimate of drug-likeness (QED) is 0.706. The van der Waals surface area contributed by atoms with Crippen molar-refractivity contribution in [2.24, 2.45) is 0 Å². The van der Waals surface area contributed by atoms with Crippen LogP contribution in [0.25, 0.3) is 0 Å². The number of aliphatic hydroxyl groups excluding tert-OH is 1. The number of aliphatic hydroxyl groups is 1. The summed E-state index contributed by atoms with van der Waals surface area (Å²) in [4.78, 5) is 10.0. The first-order valence-corrected chi connectivity index (χ1v) is 6.62. The molecule has 0 saturated heterocycles. The number of hydrogen-bond acceptors (Lipinski definition) is 4. The van der Waals surface area contributed by atoms with Crippen LogP contribution in [0.5, 0.6) is 0 Å². The predicted octanol–water partition coefficient (Wildman–Crippen LogP) is 0.428. The van der Waals surface area contributed by atoms with Crippen LogP contribution in [0.4, 0.5) is 13.2 Å². The number of carboxylic acid groups (broad SMARTS) is 1. The van der Waals surface area contributed by atoms with Gasteiger partial charge in [0.15, 0.2) is 0 Å². The second-order valence-electron chi connectivity index (χ2n) is 3.70. The number of nitrogens with one attached hydrogen (secondary N) is 1. The fourth-order valence-electron chi connectivity index (χ4n) is 1.20. The number of rotatable bonds is 6. The summed E-state index contributed by atoms with van der Waals surface area (Å²) in [6.45, 7) is -0.959. The number of carboxylic acids is 1. The Bertz CT molecular complexity index is 605. The molecule has 0 saturated carbocycles. The number of alkyl halides is 2. The van der Waals surface area contributed by atoms with Crippen molar-refractivity contribution in [1.29, 1.82) is 0 Å². The molecule has 0 fully saturated rings. The zero-order valence-electron chi connectivity index (χ0n) is 9.76. The summed E-state index contributed by atoms with van der Waals surface area (Å²) in [6.07, 6.45) is -5.34. The highest BCUT2D eigenvalue weighted by Crippen LogP contribution is 2.15. The molecule has 1 aromatic rings. The first-order valence-electron chi connectivity index (χ1n) is 5.14. The number of halogens is 3. The maximum Gasteiger partial charge on any atom is 0.338 e. The van der Waals surface area contributed by atoms with Crippen molar-refractivity contribution in [3.63, 3.8) is 0 Å². The largest absolute Gasteiger partial charge is 0.478 e. The Morgan fingerprint density at radius 1 is 1.35 bits per heavy atom. The molecule has 1 atom stereocenters. The van der Waals surface area contributed by atoms with Crippen LogP contribution in [-0.2, 0) is 10.0 Å². The molecule has 1 aromatic carbocycles. The fourth-order valence-corrected chi connectivity index (χ4v) is 2.28. The van der Waals surface area contributed by atoms with E-state index in [9.17, 15) is 26.4 Å². The molecular weight excluding hydrogens is 303 g/mol. The van der Waals surface area contributed by atoms with Gasteiger partial charge in [-0.05, 0) is 18.2 Å². The first kappa shape index (κ1) is 16.4. The third-order valence-corrected chi connectivity index (χ3v) is 3.67. The maximum absolute atomic E-state index is 13.1. The normalized spacial score (nSPS) is 13.4. The lowest BCUT2D eigenvalue weighted by Crippen LogP contribution is -2.35. The van der Waals surface area contributed by atoms with E-state index in [4.69, 9.17) is 10.2 Å². The third-order valence-electron chi connectivity index (χ3n) is 2.25. The van der Waals surface area contributed by atoms with E-state index in [-0.39, 0.29) is 0 Å². The predicted molar refractivity (Wildman–Crippen MR) is 60.6 cm³/mol. The molecule has 0 radical (unpaired) electrons. The number of sulfonamides is 1. The van der Waals surface area contributed by atoms with E-state index >= 15 is 0 Å². The van der Waals surface area contributed by atoms with Crippen LogP contribution in [0.15, 0.2) is 23.1 Å². The fraction of sp³-hybridized carbons (Fsp3) is 0.300. The van der Waals surface area contributed by atoms with Gasteiger partial charge in [0.2, 0.25) is 10.0 Å². The summed E-state index contributed by atoms with van der Waals surface area (Å²) in [7, 11) is -4.33. The van der Waals surface area contributed by atoms with Crippen molar-refractivity contribution in [2.45, 2.75) is 17.4 Å². The molecule has 0 bridgehead atoms. The average Bonchev–Trinajstić information content (AvgIpc) is 2.35. The van der Waals surface area contributed by atoms with Gasteiger partial charge in [-0.1, -0.05) is 0 Å². The van der Waals surface area contributed by atoms with Crippen LogP contribution in [0.2, 0.25) is 0 Å². The Balaban J connectivity index is 2.99. The topological polar surface area (TPSA) is 104 Å². The van der Waals surface area contributed by atoms with Gasteiger partial charge in [0.25, 0.3) is 6.43 Å². The molecule has 1 unspecified atom stereocenters. The summed E-state index contributed by atoms with van der Waals surface area (Å²) in [5.74, 6) is -2.81. The Labute approximate surface area is 111 Å². The molecule has 0 spiro atoms. The smallest absolute Gasteiger partial charge is 0.338 e. The highest BCUT2D eigenvalue weighted by Gasteiger charge is 2.23. The van der Waals surface area contributed by atoms with E-state index in [0.29, 0.717) is 12.1 Å². The molecule has 10 heteroatoms. The van der Waals surface area contributed by atoms with E-state index in [1.165, 1.54) is 0 Å². The molecule has 6 nitrogen and oxygen atoms in total. The summed E-state index contributed by atoms with van der Waals surface area (Å²) in [5.41, 5.74) is -0.873. The number of carbonyl (C=O) groups is 1. The van der Waals surface area contributed by atoms with Gasteiger partial charge < -0.3 is 10.2 Å². The number of benzene rings is 1. The average molecular weight is 313 g/mol. The van der Waals surface area contributed by atoms with Crippen molar-refractivity contribution in [3.05, 3.63) is 29.6 Å². The van der Waals surface area contributed by atoms with Crippen LogP contribution < -0.4 is 4.72 Å². The van der Waals surface area contributed by atoms with E-state index < -0.39 is 51.3 Å². The van der Waals surface area contributed by atoms with Crippen LogP contribution in [-0.4, -0.2) is 43.7 Å². The highest BCUT2D eigenvalue weighted by molar-refractivity contribution is 7.89. The molecule has 112 valence electrons. The SMILES string of the molecule is O=C(O)c1cc(S(=O)(=O)NCC(O)C(F)F)ccc1F. The van der Waals surface area contributed by atoms with Gasteiger partial charge >= 0.3 is 5.97 Å². The van der Waals surface area contributed by atoms with E-state index in [1.54, 1.807) is 4.72 Å². The molecule has 20 heavy (non-hydrogen) atoms. The summed E-state index contributed by atoms with van der Waals surface area (Å²) in [6, 6.07) is 1.95. The highest BCUT2D eigenvalue weighted by atomic mass is 32.2. The number of aromatic carboxylic acids is 1. The summed E-state index contributed by atoms with van der Waals surface area (Å²) in [5, 5.41) is 17.4. The summed E-state index contributed by atoms with van der Waals surface area (Å²) < 4.78 is 62.1. The molecule has 0 heterocycles. The summed E-state index contributed by atoms with van der Waals surface area (Å²) >= 11 is 0. The Morgan fingerprint density at radius 3 is 2.45 bits per heavy atom. The van der Waals surface area contributed by atoms with Crippen molar-refractivity contribution in [3.8, 4) is 0 Å². The van der Waals surface area contributed by atoms with E-state index in [2.05, 4.69) is 0 Å². The lowest BCUT2D eigenvalue weighted by atomic mass is 10.2. The van der Waals surface area contributed by atoms with Crippen LogP contribution >= 0.6 is 0 Å². The minimum Gasteiger partial charge on any atom is -0.478 e. The second-order valence-corrected chi connectivity index (χ2v) is 5.47. The molecular formula is C10H10F3NO5S. The standard InChI is InChI=1S/C10H10F3NO5S/c11-7-2-1-5(3-6(7)10(16)17)20(18,19)14-4-8(15)9(12)13/h1-3,8-9,14-15H,4H2,(H,16,17). The molecule has 3 N–H and O–H groups in total. The number of hydrogen-bond donors (Lipinski definition) is 3. The minimum absolute atomic E-state index is 0.550. The minimum atomic E-state index is -4.33. The molecule has 0 aliphatic rings. The lowest BCUT2D eigenvalue weighted by molar-refractivity contribution is -0.000451. The van der Waals surface area contributed by atoms with Gasteiger partial charge in [-0.25, -0.2) is 31.1 Å².